The zero-order chi connectivity index (χ0) is 14.3. The highest BCUT2D eigenvalue weighted by Gasteiger charge is 2.37. The molecule has 1 aliphatic rings. The van der Waals surface area contributed by atoms with Crippen molar-refractivity contribution in [3.8, 4) is 0 Å². The summed E-state index contributed by atoms with van der Waals surface area (Å²) in [5.74, 6) is 0. The lowest BCUT2D eigenvalue weighted by molar-refractivity contribution is 0.331. The van der Waals surface area contributed by atoms with Crippen LogP contribution in [-0.4, -0.2) is 0 Å². The van der Waals surface area contributed by atoms with E-state index in [-0.39, 0.29) is 0 Å². The Kier molecular flexibility index (Phi) is 4.16. The van der Waals surface area contributed by atoms with Gasteiger partial charge in [0.15, 0.2) is 0 Å². The predicted octanol–water partition coefficient (Wildman–Crippen LogP) is 6.27. The van der Waals surface area contributed by atoms with Gasteiger partial charge in [-0.1, -0.05) is 75.2 Å². The molecule has 0 amide bonds. The molecule has 0 radical (unpaired) electrons. The van der Waals surface area contributed by atoms with Crippen molar-refractivity contribution in [3.63, 3.8) is 0 Å². The van der Waals surface area contributed by atoms with E-state index in [4.69, 9.17) is 0 Å². The van der Waals surface area contributed by atoms with Gasteiger partial charge in [-0.15, -0.1) is 0 Å². The number of alkyl halides is 1. The Morgan fingerprint density at radius 1 is 1.05 bits per heavy atom. The molecule has 0 aromatic heterocycles. The van der Waals surface area contributed by atoms with Crippen LogP contribution in [0.25, 0.3) is 0 Å². The van der Waals surface area contributed by atoms with E-state index in [0.717, 1.165) is 0 Å². The van der Waals surface area contributed by atoms with Gasteiger partial charge in [0.25, 0.3) is 0 Å². The molecule has 1 unspecified atom stereocenters. The molecule has 2 rings (SSSR count). The molecular formula is C18H27Br. The first-order valence-electron chi connectivity index (χ1n) is 7.57. The molecule has 1 aromatic rings. The lowest BCUT2D eigenvalue weighted by Crippen LogP contribution is -2.33. The number of hydrogen-bond acceptors (Lipinski definition) is 0. The van der Waals surface area contributed by atoms with Gasteiger partial charge in [-0.2, -0.15) is 0 Å². The van der Waals surface area contributed by atoms with Crippen LogP contribution in [0.1, 0.15) is 81.8 Å². The molecule has 0 N–H and O–H groups in total. The highest BCUT2D eigenvalue weighted by molar-refractivity contribution is 9.09. The van der Waals surface area contributed by atoms with E-state index in [1.165, 1.54) is 31.2 Å². The third-order valence-electron chi connectivity index (χ3n) is 4.78. The second kappa shape index (κ2) is 5.24. The number of fused-ring (bicyclic) bond motifs is 1. The molecule has 0 spiro atoms. The summed E-state index contributed by atoms with van der Waals surface area (Å²) in [4.78, 5) is 0.503. The largest absolute Gasteiger partial charge is 0.0839 e. The standard InChI is InChI=1S/C18H27Br/c1-6-7-16(19)13-8-9-14-15(12-13)18(4,5)11-10-17(14,2)3/h8-9,12,16H,6-7,10-11H2,1-5H3. The molecule has 0 fully saturated rings. The third kappa shape index (κ3) is 2.91. The summed E-state index contributed by atoms with van der Waals surface area (Å²) in [5.41, 5.74) is 5.23. The van der Waals surface area contributed by atoms with Gasteiger partial charge < -0.3 is 0 Å². The fourth-order valence-corrected chi connectivity index (χ4v) is 3.96. The summed E-state index contributed by atoms with van der Waals surface area (Å²) in [6.07, 6.45) is 5.01. The van der Waals surface area contributed by atoms with Crippen molar-refractivity contribution in [2.24, 2.45) is 0 Å². The van der Waals surface area contributed by atoms with Crippen LogP contribution in [0.2, 0.25) is 0 Å². The normalized spacial score (nSPS) is 21.8. The van der Waals surface area contributed by atoms with Crippen molar-refractivity contribution in [2.75, 3.05) is 0 Å². The van der Waals surface area contributed by atoms with Gasteiger partial charge in [-0.25, -0.2) is 0 Å². The summed E-state index contributed by atoms with van der Waals surface area (Å²) in [7, 11) is 0. The average Bonchev–Trinajstić information content (AvgIpc) is 2.35. The maximum atomic E-state index is 3.84. The fraction of sp³-hybridized carbons (Fsp3) is 0.667. The second-order valence-electron chi connectivity index (χ2n) is 7.33. The van der Waals surface area contributed by atoms with E-state index in [0.29, 0.717) is 15.7 Å². The van der Waals surface area contributed by atoms with E-state index in [1.54, 1.807) is 11.1 Å². The van der Waals surface area contributed by atoms with Crippen LogP contribution < -0.4 is 0 Å². The Hall–Kier alpha value is -0.300. The lowest BCUT2D eigenvalue weighted by atomic mass is 9.63. The quantitative estimate of drug-likeness (QED) is 0.575. The van der Waals surface area contributed by atoms with Crippen molar-refractivity contribution in [3.05, 3.63) is 34.9 Å². The van der Waals surface area contributed by atoms with Crippen LogP contribution in [0.5, 0.6) is 0 Å². The molecule has 0 saturated carbocycles. The molecule has 0 heterocycles. The van der Waals surface area contributed by atoms with E-state index in [9.17, 15) is 0 Å². The topological polar surface area (TPSA) is 0 Å². The molecule has 1 heteroatoms. The number of rotatable bonds is 3. The van der Waals surface area contributed by atoms with Gasteiger partial charge in [-0.05, 0) is 46.8 Å². The summed E-state index contributed by atoms with van der Waals surface area (Å²) in [5, 5.41) is 0. The Labute approximate surface area is 127 Å². The van der Waals surface area contributed by atoms with Crippen LogP contribution in [0, 0.1) is 0 Å². The predicted molar refractivity (Wildman–Crippen MR) is 88.3 cm³/mol. The molecule has 1 atom stereocenters. The van der Waals surface area contributed by atoms with Gasteiger partial charge in [0.1, 0.15) is 0 Å². The van der Waals surface area contributed by atoms with Crippen molar-refractivity contribution >= 4 is 15.9 Å². The van der Waals surface area contributed by atoms with Crippen molar-refractivity contribution in [1.82, 2.24) is 0 Å². The van der Waals surface area contributed by atoms with Gasteiger partial charge in [-0.3, -0.25) is 0 Å². The summed E-state index contributed by atoms with van der Waals surface area (Å²) >= 11 is 3.84. The molecule has 106 valence electrons. The Bertz CT molecular complexity index is 457. The molecular weight excluding hydrogens is 296 g/mol. The molecule has 0 bridgehead atoms. The minimum Gasteiger partial charge on any atom is -0.0839 e. The first kappa shape index (κ1) is 15.1. The third-order valence-corrected chi connectivity index (χ3v) is 5.77. The van der Waals surface area contributed by atoms with Crippen molar-refractivity contribution < 1.29 is 0 Å². The van der Waals surface area contributed by atoms with E-state index in [2.05, 4.69) is 68.7 Å². The molecule has 0 nitrogen and oxygen atoms in total. The van der Waals surface area contributed by atoms with E-state index < -0.39 is 0 Å². The van der Waals surface area contributed by atoms with Gasteiger partial charge in [0.2, 0.25) is 0 Å². The number of halogens is 1. The molecule has 19 heavy (non-hydrogen) atoms. The average molecular weight is 323 g/mol. The maximum absolute atomic E-state index is 3.84. The summed E-state index contributed by atoms with van der Waals surface area (Å²) < 4.78 is 0. The van der Waals surface area contributed by atoms with Crippen LogP contribution in [0.4, 0.5) is 0 Å². The zero-order valence-electron chi connectivity index (χ0n) is 13.0. The van der Waals surface area contributed by atoms with Gasteiger partial charge >= 0.3 is 0 Å². The number of hydrogen-bond donors (Lipinski definition) is 0. The van der Waals surface area contributed by atoms with Gasteiger partial charge in [0.05, 0.1) is 0 Å². The monoisotopic (exact) mass is 322 g/mol. The smallest absolute Gasteiger partial charge is 0.0395 e. The SMILES string of the molecule is CCCC(Br)c1ccc2c(c1)C(C)(C)CCC2(C)C. The van der Waals surface area contributed by atoms with E-state index >= 15 is 0 Å². The Morgan fingerprint density at radius 3 is 2.21 bits per heavy atom. The van der Waals surface area contributed by atoms with E-state index in [1.807, 2.05) is 0 Å². The van der Waals surface area contributed by atoms with Gasteiger partial charge in [0, 0.05) is 4.83 Å². The van der Waals surface area contributed by atoms with Crippen LogP contribution in [-0.2, 0) is 10.8 Å². The van der Waals surface area contributed by atoms with Crippen molar-refractivity contribution in [1.29, 1.82) is 0 Å². The van der Waals surface area contributed by atoms with Crippen LogP contribution in [0.15, 0.2) is 18.2 Å². The van der Waals surface area contributed by atoms with Crippen molar-refractivity contribution in [2.45, 2.75) is 76.0 Å². The minimum absolute atomic E-state index is 0.319. The Balaban J connectivity index is 2.47. The molecule has 1 aromatic carbocycles. The first-order chi connectivity index (χ1) is 8.78. The summed E-state index contributed by atoms with van der Waals surface area (Å²) in [6, 6.07) is 7.18. The highest BCUT2D eigenvalue weighted by Crippen LogP contribution is 2.46. The molecule has 0 aliphatic heterocycles. The minimum atomic E-state index is 0.319. The van der Waals surface area contributed by atoms with Crippen LogP contribution in [0.3, 0.4) is 0 Å². The fourth-order valence-electron chi connectivity index (χ4n) is 3.22. The first-order valence-corrected chi connectivity index (χ1v) is 8.48. The molecule has 0 saturated heterocycles. The molecule has 1 aliphatic carbocycles. The van der Waals surface area contributed by atoms with Crippen LogP contribution >= 0.6 is 15.9 Å². The summed E-state index contributed by atoms with van der Waals surface area (Å²) in [6.45, 7) is 11.8. The lowest BCUT2D eigenvalue weighted by Gasteiger charge is -2.42. The second-order valence-corrected chi connectivity index (χ2v) is 8.43. The highest BCUT2D eigenvalue weighted by atomic mass is 79.9. The maximum Gasteiger partial charge on any atom is 0.0395 e. The zero-order valence-corrected chi connectivity index (χ0v) is 14.6. The Morgan fingerprint density at radius 2 is 1.63 bits per heavy atom. The number of benzene rings is 1.